The standard InChI is InChI=1S/C11H13NO2/c12-11(5-6-11)7-10-13-8-3-1-2-4-9(8)14-10/h1-4,10H,5-7,12H2. The Kier molecular flexibility index (Phi) is 1.53. The lowest BCUT2D eigenvalue weighted by molar-refractivity contribution is 0.0335. The van der Waals surface area contributed by atoms with Crippen molar-refractivity contribution in [2.75, 3.05) is 0 Å². The molecule has 0 radical (unpaired) electrons. The molecule has 2 N–H and O–H groups in total. The monoisotopic (exact) mass is 191 g/mol. The van der Waals surface area contributed by atoms with Crippen molar-refractivity contribution in [2.24, 2.45) is 5.73 Å². The molecular weight excluding hydrogens is 178 g/mol. The third-order valence-electron chi connectivity index (χ3n) is 2.83. The van der Waals surface area contributed by atoms with Gasteiger partial charge in [-0.1, -0.05) is 12.1 Å². The lowest BCUT2D eigenvalue weighted by Gasteiger charge is -2.14. The van der Waals surface area contributed by atoms with Crippen molar-refractivity contribution in [3.63, 3.8) is 0 Å². The van der Waals surface area contributed by atoms with E-state index in [2.05, 4.69) is 0 Å². The fourth-order valence-corrected chi connectivity index (χ4v) is 1.73. The van der Waals surface area contributed by atoms with Crippen molar-refractivity contribution in [3.05, 3.63) is 24.3 Å². The van der Waals surface area contributed by atoms with Gasteiger partial charge < -0.3 is 15.2 Å². The van der Waals surface area contributed by atoms with E-state index < -0.39 is 0 Å². The molecule has 0 amide bonds. The molecule has 3 rings (SSSR count). The summed E-state index contributed by atoms with van der Waals surface area (Å²) in [5.74, 6) is 1.67. The van der Waals surface area contributed by atoms with Gasteiger partial charge >= 0.3 is 0 Å². The number of rotatable bonds is 2. The minimum Gasteiger partial charge on any atom is -0.451 e. The lowest BCUT2D eigenvalue weighted by atomic mass is 10.2. The minimum atomic E-state index is -0.181. The van der Waals surface area contributed by atoms with Gasteiger partial charge in [-0.2, -0.15) is 0 Å². The van der Waals surface area contributed by atoms with E-state index in [1.54, 1.807) is 0 Å². The first kappa shape index (κ1) is 8.12. The molecule has 1 aromatic carbocycles. The highest BCUT2D eigenvalue weighted by atomic mass is 16.7. The van der Waals surface area contributed by atoms with Crippen LogP contribution in [0.1, 0.15) is 19.3 Å². The molecule has 1 aliphatic heterocycles. The zero-order valence-corrected chi connectivity index (χ0v) is 7.90. The maximum atomic E-state index is 6.00. The number of nitrogens with two attached hydrogens (primary N) is 1. The maximum Gasteiger partial charge on any atom is 0.243 e. The van der Waals surface area contributed by atoms with Crippen LogP contribution in [0.3, 0.4) is 0 Å². The summed E-state index contributed by atoms with van der Waals surface area (Å²) < 4.78 is 11.2. The minimum absolute atomic E-state index is 0.0211. The Morgan fingerprint density at radius 1 is 1.21 bits per heavy atom. The second kappa shape index (κ2) is 2.64. The van der Waals surface area contributed by atoms with Gasteiger partial charge in [-0.3, -0.25) is 0 Å². The molecule has 2 aliphatic rings. The van der Waals surface area contributed by atoms with Crippen molar-refractivity contribution in [1.29, 1.82) is 0 Å². The van der Waals surface area contributed by atoms with Crippen LogP contribution in [0.25, 0.3) is 0 Å². The average molecular weight is 191 g/mol. The number of benzene rings is 1. The van der Waals surface area contributed by atoms with Gasteiger partial charge in [0.05, 0.1) is 0 Å². The van der Waals surface area contributed by atoms with Gasteiger partial charge in [0.25, 0.3) is 0 Å². The number of fused-ring (bicyclic) bond motifs is 1. The quantitative estimate of drug-likeness (QED) is 0.773. The second-order valence-electron chi connectivity index (χ2n) is 4.18. The molecule has 74 valence electrons. The van der Waals surface area contributed by atoms with E-state index in [1.165, 1.54) is 0 Å². The summed E-state index contributed by atoms with van der Waals surface area (Å²) in [7, 11) is 0. The van der Waals surface area contributed by atoms with E-state index in [-0.39, 0.29) is 11.8 Å². The van der Waals surface area contributed by atoms with Crippen LogP contribution in [0.4, 0.5) is 0 Å². The van der Waals surface area contributed by atoms with Crippen LogP contribution in [-0.4, -0.2) is 11.8 Å². The largest absolute Gasteiger partial charge is 0.451 e. The fourth-order valence-electron chi connectivity index (χ4n) is 1.73. The van der Waals surface area contributed by atoms with Crippen LogP contribution >= 0.6 is 0 Å². The Balaban J connectivity index is 1.72. The van der Waals surface area contributed by atoms with E-state index >= 15 is 0 Å². The van der Waals surface area contributed by atoms with Crippen molar-refractivity contribution in [1.82, 2.24) is 0 Å². The van der Waals surface area contributed by atoms with Gasteiger partial charge in [-0.25, -0.2) is 0 Å². The van der Waals surface area contributed by atoms with E-state index in [1.807, 2.05) is 24.3 Å². The third kappa shape index (κ3) is 1.34. The lowest BCUT2D eigenvalue weighted by Crippen LogP contribution is -2.32. The van der Waals surface area contributed by atoms with Crippen molar-refractivity contribution in [2.45, 2.75) is 31.1 Å². The Hall–Kier alpha value is -1.22. The predicted octanol–water partition coefficient (Wildman–Crippen LogP) is 1.67. The summed E-state index contributed by atoms with van der Waals surface area (Å²) in [6.07, 6.45) is 2.79. The fraction of sp³-hybridized carbons (Fsp3) is 0.455. The number of para-hydroxylation sites is 2. The molecular formula is C11H13NO2. The van der Waals surface area contributed by atoms with Gasteiger partial charge in [0.1, 0.15) is 0 Å². The summed E-state index contributed by atoms with van der Waals surface area (Å²) in [5, 5.41) is 0. The van der Waals surface area contributed by atoms with Crippen LogP contribution in [0, 0.1) is 0 Å². The maximum absolute atomic E-state index is 6.00. The third-order valence-corrected chi connectivity index (χ3v) is 2.83. The smallest absolute Gasteiger partial charge is 0.243 e. The molecule has 3 nitrogen and oxygen atoms in total. The highest BCUT2D eigenvalue weighted by Crippen LogP contribution is 2.41. The summed E-state index contributed by atoms with van der Waals surface area (Å²) >= 11 is 0. The van der Waals surface area contributed by atoms with E-state index in [4.69, 9.17) is 15.2 Å². The van der Waals surface area contributed by atoms with Crippen molar-refractivity contribution < 1.29 is 9.47 Å². The van der Waals surface area contributed by atoms with E-state index in [0.29, 0.717) is 0 Å². The molecule has 0 spiro atoms. The van der Waals surface area contributed by atoms with Crippen LogP contribution in [-0.2, 0) is 0 Å². The van der Waals surface area contributed by atoms with Gasteiger partial charge in [0, 0.05) is 12.0 Å². The Labute approximate surface area is 82.8 Å². The SMILES string of the molecule is NC1(CC2Oc3ccccc3O2)CC1. The Morgan fingerprint density at radius 3 is 2.29 bits per heavy atom. The highest BCUT2D eigenvalue weighted by molar-refractivity contribution is 5.41. The molecule has 1 fully saturated rings. The Morgan fingerprint density at radius 2 is 1.79 bits per heavy atom. The van der Waals surface area contributed by atoms with Crippen LogP contribution in [0.15, 0.2) is 24.3 Å². The van der Waals surface area contributed by atoms with Crippen LogP contribution in [0.2, 0.25) is 0 Å². The molecule has 0 bridgehead atoms. The van der Waals surface area contributed by atoms with Gasteiger partial charge in [0.2, 0.25) is 6.29 Å². The normalized spacial score (nSPS) is 22.4. The topological polar surface area (TPSA) is 44.5 Å². The van der Waals surface area contributed by atoms with Gasteiger partial charge in [0.15, 0.2) is 11.5 Å². The molecule has 0 aromatic heterocycles. The first-order valence-electron chi connectivity index (χ1n) is 4.96. The molecule has 1 aromatic rings. The average Bonchev–Trinajstić information content (AvgIpc) is 2.77. The molecule has 0 atom stereocenters. The zero-order chi connectivity index (χ0) is 9.60. The first-order chi connectivity index (χ1) is 6.75. The molecule has 0 saturated heterocycles. The number of hydrogen-bond acceptors (Lipinski definition) is 3. The summed E-state index contributed by atoms with van der Waals surface area (Å²) in [4.78, 5) is 0. The molecule has 0 unspecified atom stereocenters. The van der Waals surface area contributed by atoms with Gasteiger partial charge in [-0.15, -0.1) is 0 Å². The van der Waals surface area contributed by atoms with Crippen LogP contribution < -0.4 is 15.2 Å². The molecule has 1 aliphatic carbocycles. The molecule has 14 heavy (non-hydrogen) atoms. The van der Waals surface area contributed by atoms with Crippen molar-refractivity contribution in [3.8, 4) is 11.5 Å². The number of hydrogen-bond donors (Lipinski definition) is 1. The highest BCUT2D eigenvalue weighted by Gasteiger charge is 2.43. The number of ether oxygens (including phenoxy) is 2. The summed E-state index contributed by atoms with van der Waals surface area (Å²) in [6, 6.07) is 7.73. The second-order valence-corrected chi connectivity index (χ2v) is 4.18. The predicted molar refractivity (Wildman–Crippen MR) is 52.3 cm³/mol. The summed E-state index contributed by atoms with van der Waals surface area (Å²) in [5.41, 5.74) is 5.98. The summed E-state index contributed by atoms with van der Waals surface area (Å²) in [6.45, 7) is 0. The molecule has 1 saturated carbocycles. The molecule has 1 heterocycles. The first-order valence-corrected chi connectivity index (χ1v) is 4.96. The van der Waals surface area contributed by atoms with Crippen LogP contribution in [0.5, 0.6) is 11.5 Å². The Bertz CT molecular complexity index is 335. The van der Waals surface area contributed by atoms with Crippen molar-refractivity contribution >= 4 is 0 Å². The zero-order valence-electron chi connectivity index (χ0n) is 7.90. The molecule has 3 heteroatoms. The van der Waals surface area contributed by atoms with E-state index in [9.17, 15) is 0 Å². The van der Waals surface area contributed by atoms with Gasteiger partial charge in [-0.05, 0) is 25.0 Å². The van der Waals surface area contributed by atoms with E-state index in [0.717, 1.165) is 30.8 Å².